The van der Waals surface area contributed by atoms with E-state index in [0.717, 1.165) is 31.0 Å². The molecule has 1 aliphatic rings. The second-order valence-electron chi connectivity index (χ2n) is 6.18. The first kappa shape index (κ1) is 15.0. The first-order chi connectivity index (χ1) is 11.7. The van der Waals surface area contributed by atoms with Gasteiger partial charge in [-0.05, 0) is 40.6 Å². The first-order valence-electron chi connectivity index (χ1n) is 8.02. The number of halogens is 1. The molecular formula is C18H18FN5. The molecule has 2 heterocycles. The third-order valence-electron chi connectivity index (χ3n) is 4.40. The highest BCUT2D eigenvalue weighted by molar-refractivity contribution is 5.28. The SMILES string of the molecule is Cc1cccc(CN2CCn3nnnc3C2c2cccc(F)c2)c1. The molecule has 6 heteroatoms. The fourth-order valence-electron chi connectivity index (χ4n) is 3.33. The number of fused-ring (bicyclic) bond motifs is 1. The van der Waals surface area contributed by atoms with Crippen LogP contribution in [0.3, 0.4) is 0 Å². The Morgan fingerprint density at radius 2 is 2.00 bits per heavy atom. The zero-order valence-corrected chi connectivity index (χ0v) is 13.4. The van der Waals surface area contributed by atoms with Gasteiger partial charge in [0.15, 0.2) is 5.82 Å². The number of nitrogens with zero attached hydrogens (tertiary/aromatic N) is 5. The minimum Gasteiger partial charge on any atom is -0.284 e. The summed E-state index contributed by atoms with van der Waals surface area (Å²) >= 11 is 0. The molecule has 0 saturated heterocycles. The van der Waals surface area contributed by atoms with Gasteiger partial charge in [-0.15, -0.1) is 5.10 Å². The summed E-state index contributed by atoms with van der Waals surface area (Å²) in [5, 5.41) is 12.0. The van der Waals surface area contributed by atoms with Crippen molar-refractivity contribution in [3.05, 3.63) is 76.9 Å². The van der Waals surface area contributed by atoms with Gasteiger partial charge < -0.3 is 0 Å². The maximum atomic E-state index is 13.8. The Balaban J connectivity index is 1.72. The van der Waals surface area contributed by atoms with Crippen LogP contribution in [-0.2, 0) is 13.1 Å². The third kappa shape index (κ3) is 2.80. The van der Waals surface area contributed by atoms with Crippen molar-refractivity contribution in [2.75, 3.05) is 6.54 Å². The normalized spacial score (nSPS) is 17.7. The van der Waals surface area contributed by atoms with E-state index in [-0.39, 0.29) is 11.9 Å². The molecule has 0 radical (unpaired) electrons. The number of benzene rings is 2. The molecule has 24 heavy (non-hydrogen) atoms. The third-order valence-corrected chi connectivity index (χ3v) is 4.40. The van der Waals surface area contributed by atoms with Gasteiger partial charge in [0.1, 0.15) is 5.82 Å². The topological polar surface area (TPSA) is 46.8 Å². The van der Waals surface area contributed by atoms with Crippen molar-refractivity contribution in [3.8, 4) is 0 Å². The van der Waals surface area contributed by atoms with Crippen LogP contribution in [0.4, 0.5) is 4.39 Å². The second kappa shape index (κ2) is 6.13. The summed E-state index contributed by atoms with van der Waals surface area (Å²) in [5.74, 6) is 0.520. The Labute approximate surface area is 139 Å². The largest absolute Gasteiger partial charge is 0.284 e. The summed E-state index contributed by atoms with van der Waals surface area (Å²) in [7, 11) is 0. The molecule has 0 bridgehead atoms. The molecule has 1 aromatic heterocycles. The Hall–Kier alpha value is -2.60. The van der Waals surface area contributed by atoms with Gasteiger partial charge >= 0.3 is 0 Å². The molecule has 1 atom stereocenters. The Bertz CT molecular complexity index is 860. The first-order valence-corrected chi connectivity index (χ1v) is 8.02. The fourth-order valence-corrected chi connectivity index (χ4v) is 3.33. The Kier molecular flexibility index (Phi) is 3.82. The van der Waals surface area contributed by atoms with E-state index in [4.69, 9.17) is 0 Å². The molecule has 0 fully saturated rings. The summed E-state index contributed by atoms with van der Waals surface area (Å²) in [5.41, 5.74) is 3.34. The van der Waals surface area contributed by atoms with Crippen LogP contribution in [0.5, 0.6) is 0 Å². The van der Waals surface area contributed by atoms with E-state index in [1.807, 2.05) is 10.7 Å². The minimum atomic E-state index is -0.243. The maximum absolute atomic E-state index is 13.8. The quantitative estimate of drug-likeness (QED) is 0.743. The van der Waals surface area contributed by atoms with Gasteiger partial charge in [0.05, 0.1) is 12.6 Å². The molecule has 0 spiro atoms. The molecule has 1 unspecified atom stereocenters. The lowest BCUT2D eigenvalue weighted by Crippen LogP contribution is -2.39. The van der Waals surface area contributed by atoms with Gasteiger partial charge in [-0.25, -0.2) is 9.07 Å². The van der Waals surface area contributed by atoms with E-state index in [1.54, 1.807) is 12.1 Å². The van der Waals surface area contributed by atoms with Crippen molar-refractivity contribution in [3.63, 3.8) is 0 Å². The van der Waals surface area contributed by atoms with Crippen LogP contribution >= 0.6 is 0 Å². The lowest BCUT2D eigenvalue weighted by molar-refractivity contribution is 0.163. The van der Waals surface area contributed by atoms with Crippen molar-refractivity contribution >= 4 is 0 Å². The molecular weight excluding hydrogens is 305 g/mol. The molecule has 4 rings (SSSR count). The molecule has 5 nitrogen and oxygen atoms in total. The maximum Gasteiger partial charge on any atom is 0.173 e. The van der Waals surface area contributed by atoms with Crippen molar-refractivity contribution in [2.24, 2.45) is 0 Å². The van der Waals surface area contributed by atoms with E-state index in [9.17, 15) is 4.39 Å². The van der Waals surface area contributed by atoms with Crippen LogP contribution in [0.2, 0.25) is 0 Å². The van der Waals surface area contributed by atoms with Crippen LogP contribution in [0.25, 0.3) is 0 Å². The van der Waals surface area contributed by atoms with Crippen molar-refractivity contribution in [1.29, 1.82) is 0 Å². The highest BCUT2D eigenvalue weighted by Crippen LogP contribution is 2.31. The van der Waals surface area contributed by atoms with E-state index in [2.05, 4.69) is 51.6 Å². The zero-order valence-electron chi connectivity index (χ0n) is 13.4. The highest BCUT2D eigenvalue weighted by Gasteiger charge is 2.32. The van der Waals surface area contributed by atoms with Crippen LogP contribution in [0, 0.1) is 12.7 Å². The lowest BCUT2D eigenvalue weighted by Gasteiger charge is -2.35. The van der Waals surface area contributed by atoms with Gasteiger partial charge in [0, 0.05) is 13.1 Å². The van der Waals surface area contributed by atoms with Gasteiger partial charge in [0.25, 0.3) is 0 Å². The second-order valence-corrected chi connectivity index (χ2v) is 6.18. The van der Waals surface area contributed by atoms with E-state index < -0.39 is 0 Å². The van der Waals surface area contributed by atoms with Gasteiger partial charge in [-0.2, -0.15) is 0 Å². The minimum absolute atomic E-state index is 0.148. The molecule has 3 aromatic rings. The van der Waals surface area contributed by atoms with Gasteiger partial charge in [-0.3, -0.25) is 4.90 Å². The van der Waals surface area contributed by atoms with Crippen molar-refractivity contribution < 1.29 is 4.39 Å². The summed E-state index contributed by atoms with van der Waals surface area (Å²) < 4.78 is 15.6. The number of hydrogen-bond acceptors (Lipinski definition) is 4. The summed E-state index contributed by atoms with van der Waals surface area (Å²) in [6.07, 6.45) is 0. The fraction of sp³-hybridized carbons (Fsp3) is 0.278. The Morgan fingerprint density at radius 1 is 1.12 bits per heavy atom. The van der Waals surface area contributed by atoms with E-state index in [0.29, 0.717) is 0 Å². The predicted octanol–water partition coefficient (Wildman–Crippen LogP) is 2.73. The van der Waals surface area contributed by atoms with Gasteiger partial charge in [0.2, 0.25) is 0 Å². The molecule has 0 saturated carbocycles. The molecule has 122 valence electrons. The molecule has 0 N–H and O–H groups in total. The summed E-state index contributed by atoms with van der Waals surface area (Å²) in [6.45, 7) is 4.41. The number of hydrogen-bond donors (Lipinski definition) is 0. The number of rotatable bonds is 3. The van der Waals surface area contributed by atoms with Crippen molar-refractivity contribution in [1.82, 2.24) is 25.1 Å². The summed E-state index contributed by atoms with van der Waals surface area (Å²) in [4.78, 5) is 2.30. The average molecular weight is 323 g/mol. The zero-order chi connectivity index (χ0) is 16.5. The average Bonchev–Trinajstić information content (AvgIpc) is 3.03. The smallest absolute Gasteiger partial charge is 0.173 e. The standard InChI is InChI=1S/C18H18FN5/c1-13-4-2-5-14(10-13)12-23-8-9-24-18(20-21-22-24)17(23)15-6-3-7-16(19)11-15/h2-7,10-11,17H,8-9,12H2,1H3. The van der Waals surface area contributed by atoms with Crippen LogP contribution in [-0.4, -0.2) is 31.7 Å². The Morgan fingerprint density at radius 3 is 2.83 bits per heavy atom. The molecule has 0 amide bonds. The predicted molar refractivity (Wildman–Crippen MR) is 87.6 cm³/mol. The number of aromatic nitrogens is 4. The molecule has 2 aromatic carbocycles. The van der Waals surface area contributed by atoms with E-state index >= 15 is 0 Å². The van der Waals surface area contributed by atoms with E-state index in [1.165, 1.54) is 17.2 Å². The highest BCUT2D eigenvalue weighted by atomic mass is 19.1. The lowest BCUT2D eigenvalue weighted by atomic mass is 10.0. The number of tetrazole rings is 1. The van der Waals surface area contributed by atoms with Crippen LogP contribution < -0.4 is 0 Å². The van der Waals surface area contributed by atoms with Crippen LogP contribution in [0.15, 0.2) is 48.5 Å². The monoisotopic (exact) mass is 323 g/mol. The molecule has 1 aliphatic heterocycles. The van der Waals surface area contributed by atoms with Gasteiger partial charge in [-0.1, -0.05) is 42.0 Å². The summed E-state index contributed by atoms with van der Waals surface area (Å²) in [6, 6.07) is 15.0. The number of aryl methyl sites for hydroxylation is 1. The van der Waals surface area contributed by atoms with Crippen molar-refractivity contribution in [2.45, 2.75) is 26.1 Å². The molecule has 0 aliphatic carbocycles. The van der Waals surface area contributed by atoms with Crippen LogP contribution in [0.1, 0.15) is 28.6 Å².